The first-order chi connectivity index (χ1) is 6.12. The zero-order chi connectivity index (χ0) is 9.10. The first-order valence-electron chi connectivity index (χ1n) is 4.81. The highest BCUT2D eigenvalue weighted by atomic mass is 16.3. The average Bonchev–Trinajstić information content (AvgIpc) is 2.98. The van der Waals surface area contributed by atoms with Crippen LogP contribution in [0.3, 0.4) is 0 Å². The Hall–Kier alpha value is -0.800. The van der Waals surface area contributed by atoms with Crippen LogP contribution in [0.1, 0.15) is 37.2 Å². The molecule has 3 rings (SSSR count). The predicted molar refractivity (Wildman–Crippen MR) is 48.9 cm³/mol. The van der Waals surface area contributed by atoms with Crippen molar-refractivity contribution in [3.63, 3.8) is 0 Å². The molecule has 13 heavy (non-hydrogen) atoms. The minimum Gasteiger partial charge on any atom is -0.462 e. The predicted octanol–water partition coefficient (Wildman–Crippen LogP) is 1.18. The molecule has 4 N–H and O–H groups in total. The van der Waals surface area contributed by atoms with Crippen molar-refractivity contribution in [3.8, 4) is 0 Å². The highest BCUT2D eigenvalue weighted by Gasteiger charge is 2.47. The van der Waals surface area contributed by atoms with Crippen molar-refractivity contribution in [1.29, 1.82) is 0 Å². The van der Waals surface area contributed by atoms with Gasteiger partial charge in [-0.1, -0.05) is 0 Å². The van der Waals surface area contributed by atoms with Gasteiger partial charge < -0.3 is 15.9 Å². The van der Waals surface area contributed by atoms with Crippen molar-refractivity contribution >= 4 is 0 Å². The SMILES string of the molecule is NC1(c2ccc(C3(N)CC3)o2)CC1. The molecular weight excluding hydrogens is 164 g/mol. The summed E-state index contributed by atoms with van der Waals surface area (Å²) >= 11 is 0. The summed E-state index contributed by atoms with van der Waals surface area (Å²) in [6, 6.07) is 3.96. The summed E-state index contributed by atoms with van der Waals surface area (Å²) in [7, 11) is 0. The second kappa shape index (κ2) is 1.99. The minimum atomic E-state index is -0.163. The maximum Gasteiger partial charge on any atom is 0.124 e. The molecule has 0 amide bonds. The third-order valence-corrected chi connectivity index (χ3v) is 3.16. The topological polar surface area (TPSA) is 65.2 Å². The Bertz CT molecular complexity index is 315. The largest absolute Gasteiger partial charge is 0.462 e. The van der Waals surface area contributed by atoms with Crippen molar-refractivity contribution in [2.24, 2.45) is 11.5 Å². The van der Waals surface area contributed by atoms with Crippen molar-refractivity contribution in [1.82, 2.24) is 0 Å². The molecule has 0 radical (unpaired) electrons. The Morgan fingerprint density at radius 1 is 0.923 bits per heavy atom. The molecule has 3 heteroatoms. The van der Waals surface area contributed by atoms with Gasteiger partial charge in [0, 0.05) is 0 Å². The molecule has 1 aromatic rings. The molecule has 0 atom stereocenters. The molecule has 2 aliphatic rings. The lowest BCUT2D eigenvalue weighted by atomic mass is 10.2. The van der Waals surface area contributed by atoms with E-state index in [1.165, 1.54) is 0 Å². The number of nitrogens with two attached hydrogens (primary N) is 2. The maximum absolute atomic E-state index is 6.01. The lowest BCUT2D eigenvalue weighted by Crippen LogP contribution is -2.19. The van der Waals surface area contributed by atoms with Gasteiger partial charge in [0.25, 0.3) is 0 Å². The average molecular weight is 178 g/mol. The minimum absolute atomic E-state index is 0.163. The van der Waals surface area contributed by atoms with Crippen molar-refractivity contribution in [2.75, 3.05) is 0 Å². The van der Waals surface area contributed by atoms with Crippen LogP contribution in [0.2, 0.25) is 0 Å². The molecule has 2 fully saturated rings. The Balaban J connectivity index is 1.94. The fourth-order valence-corrected chi connectivity index (χ4v) is 1.64. The second-order valence-corrected chi connectivity index (χ2v) is 4.48. The number of rotatable bonds is 2. The van der Waals surface area contributed by atoms with Gasteiger partial charge in [-0.25, -0.2) is 0 Å². The van der Waals surface area contributed by atoms with Crippen LogP contribution in [0.4, 0.5) is 0 Å². The van der Waals surface area contributed by atoms with Gasteiger partial charge in [0.1, 0.15) is 11.5 Å². The Morgan fingerprint density at radius 2 is 1.31 bits per heavy atom. The van der Waals surface area contributed by atoms with Gasteiger partial charge in [0.05, 0.1) is 11.1 Å². The molecular formula is C10H14N2O. The summed E-state index contributed by atoms with van der Waals surface area (Å²) in [5.74, 6) is 1.83. The van der Waals surface area contributed by atoms with Crippen LogP contribution in [0.5, 0.6) is 0 Å². The Morgan fingerprint density at radius 3 is 1.62 bits per heavy atom. The molecule has 3 nitrogen and oxygen atoms in total. The maximum atomic E-state index is 6.01. The summed E-state index contributed by atoms with van der Waals surface area (Å²) < 4.78 is 5.69. The van der Waals surface area contributed by atoms with Gasteiger partial charge >= 0.3 is 0 Å². The standard InChI is InChI=1S/C10H14N2O/c11-9(3-4-9)7-1-2-8(13-7)10(12)5-6-10/h1-2H,3-6,11-12H2. The van der Waals surface area contributed by atoms with E-state index in [2.05, 4.69) is 0 Å². The van der Waals surface area contributed by atoms with E-state index in [1.54, 1.807) is 0 Å². The van der Waals surface area contributed by atoms with Crippen molar-refractivity contribution in [2.45, 2.75) is 36.8 Å². The molecule has 1 aromatic heterocycles. The Kier molecular flexibility index (Phi) is 1.16. The molecule has 0 spiro atoms. The molecule has 0 aliphatic heterocycles. The van der Waals surface area contributed by atoms with Crippen LogP contribution < -0.4 is 11.5 Å². The highest BCUT2D eigenvalue weighted by molar-refractivity contribution is 5.27. The summed E-state index contributed by atoms with van der Waals surface area (Å²) in [6.45, 7) is 0. The fraction of sp³-hybridized carbons (Fsp3) is 0.600. The fourth-order valence-electron chi connectivity index (χ4n) is 1.64. The van der Waals surface area contributed by atoms with Crippen molar-refractivity contribution in [3.05, 3.63) is 23.7 Å². The molecule has 0 saturated heterocycles. The van der Waals surface area contributed by atoms with Crippen LogP contribution in [0.15, 0.2) is 16.5 Å². The molecule has 0 aromatic carbocycles. The zero-order valence-electron chi connectivity index (χ0n) is 7.55. The molecule has 1 heterocycles. The summed E-state index contributed by atoms with van der Waals surface area (Å²) in [5.41, 5.74) is 11.7. The van der Waals surface area contributed by atoms with E-state index in [0.29, 0.717) is 0 Å². The first-order valence-corrected chi connectivity index (χ1v) is 4.81. The third-order valence-electron chi connectivity index (χ3n) is 3.16. The molecule has 2 aliphatic carbocycles. The number of hydrogen-bond donors (Lipinski definition) is 2. The van der Waals surface area contributed by atoms with Crippen LogP contribution in [0, 0.1) is 0 Å². The lowest BCUT2D eigenvalue weighted by Gasteiger charge is -2.06. The molecule has 70 valence electrons. The normalized spacial score (nSPS) is 27.2. The van der Waals surface area contributed by atoms with E-state index in [0.717, 1.165) is 37.2 Å². The van der Waals surface area contributed by atoms with Gasteiger partial charge in [0.2, 0.25) is 0 Å². The lowest BCUT2D eigenvalue weighted by molar-refractivity contribution is 0.394. The van der Waals surface area contributed by atoms with Crippen molar-refractivity contribution < 1.29 is 4.42 Å². The summed E-state index contributed by atoms with van der Waals surface area (Å²) in [4.78, 5) is 0. The molecule has 0 unspecified atom stereocenters. The quantitative estimate of drug-likeness (QED) is 0.714. The van der Waals surface area contributed by atoms with Gasteiger partial charge in [-0.15, -0.1) is 0 Å². The van der Waals surface area contributed by atoms with Crippen LogP contribution in [-0.2, 0) is 11.1 Å². The van der Waals surface area contributed by atoms with Gasteiger partial charge in [0.15, 0.2) is 0 Å². The van der Waals surface area contributed by atoms with Gasteiger partial charge in [-0.2, -0.15) is 0 Å². The summed E-state index contributed by atoms with van der Waals surface area (Å²) in [5, 5.41) is 0. The smallest absolute Gasteiger partial charge is 0.124 e. The van der Waals surface area contributed by atoms with E-state index < -0.39 is 0 Å². The number of furan rings is 1. The van der Waals surface area contributed by atoms with E-state index in [-0.39, 0.29) is 11.1 Å². The van der Waals surface area contributed by atoms with Gasteiger partial charge in [-0.3, -0.25) is 0 Å². The van der Waals surface area contributed by atoms with Gasteiger partial charge in [-0.05, 0) is 37.8 Å². The third kappa shape index (κ3) is 1.04. The van der Waals surface area contributed by atoms with E-state index in [1.807, 2.05) is 12.1 Å². The summed E-state index contributed by atoms with van der Waals surface area (Å²) in [6.07, 6.45) is 4.16. The monoisotopic (exact) mass is 178 g/mol. The van der Waals surface area contributed by atoms with E-state index in [4.69, 9.17) is 15.9 Å². The second-order valence-electron chi connectivity index (χ2n) is 4.48. The van der Waals surface area contributed by atoms with Crippen LogP contribution in [-0.4, -0.2) is 0 Å². The Labute approximate surface area is 77.1 Å². The van der Waals surface area contributed by atoms with E-state index >= 15 is 0 Å². The molecule has 0 bridgehead atoms. The first kappa shape index (κ1) is 7.59. The van der Waals surface area contributed by atoms with Crippen LogP contribution in [0.25, 0.3) is 0 Å². The highest BCUT2D eigenvalue weighted by Crippen LogP contribution is 2.47. The van der Waals surface area contributed by atoms with Crippen LogP contribution >= 0.6 is 0 Å². The molecule has 2 saturated carbocycles. The van der Waals surface area contributed by atoms with E-state index in [9.17, 15) is 0 Å². The zero-order valence-corrected chi connectivity index (χ0v) is 7.55. The number of hydrogen-bond acceptors (Lipinski definition) is 3.